The Kier molecular flexibility index (Phi) is 3.30. The van der Waals surface area contributed by atoms with Crippen LogP contribution in [0.15, 0.2) is 85.1 Å². The highest BCUT2D eigenvalue weighted by Gasteiger charge is 2.20. The van der Waals surface area contributed by atoms with Crippen LogP contribution >= 0.6 is 11.3 Å². The molecule has 0 atom stereocenters. The fourth-order valence-electron chi connectivity index (χ4n) is 3.75. The number of aromatic amines is 1. The van der Waals surface area contributed by atoms with Gasteiger partial charge in [-0.25, -0.2) is 4.98 Å². The molecule has 4 nitrogen and oxygen atoms in total. The number of thiazole rings is 1. The zero-order valence-corrected chi connectivity index (χ0v) is 15.7. The average molecular weight is 380 g/mol. The summed E-state index contributed by atoms with van der Waals surface area (Å²) in [6.07, 6.45) is 2.05. The first-order valence-corrected chi connectivity index (χ1v) is 9.99. The summed E-state index contributed by atoms with van der Waals surface area (Å²) in [5, 5.41) is 4.79. The van der Waals surface area contributed by atoms with Crippen molar-refractivity contribution in [1.82, 2.24) is 14.4 Å². The zero-order valence-electron chi connectivity index (χ0n) is 14.9. The molecule has 3 aromatic carbocycles. The van der Waals surface area contributed by atoms with E-state index < -0.39 is 0 Å². The number of hydrogen-bond donors (Lipinski definition) is 2. The summed E-state index contributed by atoms with van der Waals surface area (Å²) >= 11 is 1.71. The van der Waals surface area contributed by atoms with E-state index in [9.17, 15) is 0 Å². The molecule has 0 amide bonds. The number of rotatable bonds is 3. The third-order valence-corrected chi connectivity index (χ3v) is 6.06. The molecule has 28 heavy (non-hydrogen) atoms. The third-order valence-electron chi connectivity index (χ3n) is 5.03. The van der Waals surface area contributed by atoms with E-state index in [0.29, 0.717) is 0 Å². The molecule has 0 bridgehead atoms. The highest BCUT2D eigenvalue weighted by molar-refractivity contribution is 7.23. The van der Waals surface area contributed by atoms with Crippen LogP contribution in [0.25, 0.3) is 37.3 Å². The molecule has 0 unspecified atom stereocenters. The minimum absolute atomic E-state index is 0.957. The van der Waals surface area contributed by atoms with Crippen LogP contribution in [-0.4, -0.2) is 14.4 Å². The maximum absolute atomic E-state index is 5.04. The molecular formula is C23H16N4S. The van der Waals surface area contributed by atoms with E-state index in [-0.39, 0.29) is 0 Å². The fraction of sp³-hybridized carbons (Fsp3) is 0. The average Bonchev–Trinajstić information content (AvgIpc) is 3.41. The molecule has 3 heterocycles. The van der Waals surface area contributed by atoms with Gasteiger partial charge in [-0.05, 0) is 30.3 Å². The summed E-state index contributed by atoms with van der Waals surface area (Å²) in [5.41, 5.74) is 5.39. The van der Waals surface area contributed by atoms with E-state index in [1.165, 1.54) is 15.6 Å². The van der Waals surface area contributed by atoms with E-state index in [4.69, 9.17) is 4.98 Å². The second-order valence-electron chi connectivity index (χ2n) is 6.74. The summed E-state index contributed by atoms with van der Waals surface area (Å²) in [6, 6.07) is 27.0. The molecule has 0 fully saturated rings. The van der Waals surface area contributed by atoms with Crippen molar-refractivity contribution in [3.05, 3.63) is 85.1 Å². The van der Waals surface area contributed by atoms with Gasteiger partial charge in [0.25, 0.3) is 0 Å². The molecule has 0 saturated heterocycles. The zero-order chi connectivity index (χ0) is 18.5. The van der Waals surface area contributed by atoms with Crippen molar-refractivity contribution >= 4 is 48.9 Å². The number of nitrogens with zero attached hydrogens (tertiary/aromatic N) is 2. The maximum Gasteiger partial charge on any atom is 0.197 e. The highest BCUT2D eigenvalue weighted by atomic mass is 32.1. The number of H-pyrrole nitrogens is 1. The van der Waals surface area contributed by atoms with E-state index in [2.05, 4.69) is 75.5 Å². The lowest BCUT2D eigenvalue weighted by Gasteiger charge is -2.08. The first-order chi connectivity index (χ1) is 13.9. The van der Waals surface area contributed by atoms with Gasteiger partial charge in [-0.1, -0.05) is 59.9 Å². The summed E-state index contributed by atoms with van der Waals surface area (Å²) in [4.78, 5) is 9.40. The molecule has 3 aromatic heterocycles. The van der Waals surface area contributed by atoms with Gasteiger partial charge in [-0.3, -0.25) is 4.40 Å². The van der Waals surface area contributed by atoms with Gasteiger partial charge in [0.2, 0.25) is 0 Å². The summed E-state index contributed by atoms with van der Waals surface area (Å²) in [6.45, 7) is 0. The van der Waals surface area contributed by atoms with Crippen LogP contribution in [0.5, 0.6) is 0 Å². The van der Waals surface area contributed by atoms with E-state index in [1.54, 1.807) is 11.3 Å². The van der Waals surface area contributed by atoms with Gasteiger partial charge in [0.1, 0.15) is 11.5 Å². The first kappa shape index (κ1) is 15.5. The molecule has 0 aliphatic carbocycles. The van der Waals surface area contributed by atoms with Crippen molar-refractivity contribution in [2.24, 2.45) is 0 Å². The number of para-hydroxylation sites is 3. The van der Waals surface area contributed by atoms with Crippen molar-refractivity contribution in [3.8, 4) is 11.3 Å². The predicted octanol–water partition coefficient (Wildman–Crippen LogP) is 6.44. The molecule has 2 N–H and O–H groups in total. The van der Waals surface area contributed by atoms with E-state index in [1.807, 2.05) is 24.3 Å². The lowest BCUT2D eigenvalue weighted by molar-refractivity contribution is 1.28. The van der Waals surface area contributed by atoms with Crippen LogP contribution in [0.3, 0.4) is 0 Å². The minimum Gasteiger partial charge on any atom is -0.360 e. The maximum atomic E-state index is 5.04. The van der Waals surface area contributed by atoms with Crippen molar-refractivity contribution < 1.29 is 0 Å². The van der Waals surface area contributed by atoms with Gasteiger partial charge < -0.3 is 10.3 Å². The minimum atomic E-state index is 0.957. The fourth-order valence-corrected chi connectivity index (χ4v) is 4.77. The van der Waals surface area contributed by atoms with Crippen LogP contribution in [0.4, 0.5) is 11.5 Å². The van der Waals surface area contributed by atoms with Crippen molar-refractivity contribution in [1.29, 1.82) is 0 Å². The molecule has 0 aliphatic heterocycles. The van der Waals surface area contributed by atoms with Gasteiger partial charge in [0, 0.05) is 28.4 Å². The Hall–Kier alpha value is -3.57. The molecule has 0 saturated carbocycles. The Balaban J connectivity index is 1.67. The Bertz CT molecular complexity index is 1440. The monoisotopic (exact) mass is 380 g/mol. The van der Waals surface area contributed by atoms with Crippen LogP contribution in [0, 0.1) is 0 Å². The lowest BCUT2D eigenvalue weighted by Crippen LogP contribution is -1.96. The lowest BCUT2D eigenvalue weighted by atomic mass is 10.1. The van der Waals surface area contributed by atoms with Gasteiger partial charge in [-0.2, -0.15) is 0 Å². The second-order valence-corrected chi connectivity index (χ2v) is 7.74. The number of imidazole rings is 1. The van der Waals surface area contributed by atoms with Crippen molar-refractivity contribution in [2.75, 3.05) is 5.32 Å². The Morgan fingerprint density at radius 1 is 0.857 bits per heavy atom. The molecule has 6 aromatic rings. The number of benzene rings is 3. The largest absolute Gasteiger partial charge is 0.360 e. The quantitative estimate of drug-likeness (QED) is 0.371. The number of aromatic nitrogens is 3. The van der Waals surface area contributed by atoms with Crippen LogP contribution < -0.4 is 5.32 Å². The van der Waals surface area contributed by atoms with Gasteiger partial charge in [-0.15, -0.1) is 0 Å². The second kappa shape index (κ2) is 5.97. The Labute approximate surface area is 165 Å². The first-order valence-electron chi connectivity index (χ1n) is 9.17. The van der Waals surface area contributed by atoms with E-state index in [0.717, 1.165) is 33.2 Å². The topological polar surface area (TPSA) is 45.1 Å². The summed E-state index contributed by atoms with van der Waals surface area (Å²) in [5.74, 6) is 0.989. The van der Waals surface area contributed by atoms with Crippen molar-refractivity contribution in [3.63, 3.8) is 0 Å². The van der Waals surface area contributed by atoms with Gasteiger partial charge >= 0.3 is 0 Å². The predicted molar refractivity (Wildman–Crippen MR) is 118 cm³/mol. The number of hydrogen-bond acceptors (Lipinski definition) is 3. The molecule has 134 valence electrons. The standard InChI is InChI=1S/C23H16N4S/c1-2-8-15(9-3-1)25-22-21(17-14-24-18-11-5-4-10-16(17)18)26-23-27(22)19-12-6-7-13-20(19)28-23/h1-14,24-25H. The number of fused-ring (bicyclic) bond motifs is 4. The third kappa shape index (κ3) is 2.27. The molecule has 5 heteroatoms. The molecule has 6 rings (SSSR count). The molecule has 0 aliphatic rings. The van der Waals surface area contributed by atoms with Gasteiger partial charge in [0.15, 0.2) is 4.96 Å². The molecule has 0 spiro atoms. The molecule has 0 radical (unpaired) electrons. The summed E-state index contributed by atoms with van der Waals surface area (Å²) < 4.78 is 3.45. The number of anilines is 2. The SMILES string of the molecule is c1ccc(Nc2c(-c3c[nH]c4ccccc34)nc3sc4ccccc4n23)cc1. The van der Waals surface area contributed by atoms with Gasteiger partial charge in [0.05, 0.1) is 10.2 Å². The van der Waals surface area contributed by atoms with E-state index >= 15 is 0 Å². The normalized spacial score (nSPS) is 11.6. The van der Waals surface area contributed by atoms with Crippen molar-refractivity contribution in [2.45, 2.75) is 0 Å². The molecular weight excluding hydrogens is 364 g/mol. The van der Waals surface area contributed by atoms with Crippen LogP contribution in [0.1, 0.15) is 0 Å². The Morgan fingerprint density at radius 2 is 1.64 bits per heavy atom. The smallest absolute Gasteiger partial charge is 0.197 e. The number of nitrogens with one attached hydrogen (secondary N) is 2. The Morgan fingerprint density at radius 3 is 2.57 bits per heavy atom. The summed E-state index contributed by atoms with van der Waals surface area (Å²) in [7, 11) is 0. The van der Waals surface area contributed by atoms with Crippen LogP contribution in [-0.2, 0) is 0 Å². The van der Waals surface area contributed by atoms with Crippen LogP contribution in [0.2, 0.25) is 0 Å². The highest BCUT2D eigenvalue weighted by Crippen LogP contribution is 2.39.